The first-order valence-corrected chi connectivity index (χ1v) is 9.68. The molecule has 2 aromatic carbocycles. The molecule has 1 aliphatic heterocycles. The molecule has 3 rings (SSSR count). The Bertz CT molecular complexity index is 998. The monoisotopic (exact) mass is 408 g/mol. The van der Waals surface area contributed by atoms with E-state index in [1.54, 1.807) is 31.2 Å². The number of ether oxygens (including phenoxy) is 2. The standard InChI is InChI=1S/C23H24N2O5/c1-4-29-22(27)19-18(13-30-21(26)17-12-8-9-14(2)15(17)3)24-23(28)25-20(19)16-10-6-5-7-11-16/h5-12,20H,4,13H2,1-3H3,(H2,24,25,28)/t20-/m1/s1. The summed E-state index contributed by atoms with van der Waals surface area (Å²) in [6.07, 6.45) is 0. The fourth-order valence-electron chi connectivity index (χ4n) is 3.26. The zero-order valence-corrected chi connectivity index (χ0v) is 17.2. The van der Waals surface area contributed by atoms with Gasteiger partial charge in [0.15, 0.2) is 0 Å². The van der Waals surface area contributed by atoms with Gasteiger partial charge in [-0.15, -0.1) is 0 Å². The number of hydrogen-bond acceptors (Lipinski definition) is 5. The zero-order chi connectivity index (χ0) is 21.7. The van der Waals surface area contributed by atoms with Crippen LogP contribution in [0, 0.1) is 13.8 Å². The maximum Gasteiger partial charge on any atom is 0.338 e. The topological polar surface area (TPSA) is 93.7 Å². The van der Waals surface area contributed by atoms with Crippen LogP contribution in [0.4, 0.5) is 4.79 Å². The van der Waals surface area contributed by atoms with Crippen LogP contribution in [-0.2, 0) is 14.3 Å². The zero-order valence-electron chi connectivity index (χ0n) is 17.2. The quantitative estimate of drug-likeness (QED) is 0.715. The third-order valence-electron chi connectivity index (χ3n) is 4.95. The van der Waals surface area contributed by atoms with Crippen molar-refractivity contribution < 1.29 is 23.9 Å². The summed E-state index contributed by atoms with van der Waals surface area (Å²) in [4.78, 5) is 37.6. The van der Waals surface area contributed by atoms with Crippen LogP contribution in [0.1, 0.15) is 40.0 Å². The second kappa shape index (κ2) is 9.26. The summed E-state index contributed by atoms with van der Waals surface area (Å²) >= 11 is 0. The molecule has 156 valence electrons. The van der Waals surface area contributed by atoms with Gasteiger partial charge < -0.3 is 20.1 Å². The molecule has 0 aromatic heterocycles. The lowest BCUT2D eigenvalue weighted by molar-refractivity contribution is -0.139. The molecule has 0 aliphatic carbocycles. The first-order chi connectivity index (χ1) is 14.4. The number of esters is 2. The Hall–Kier alpha value is -3.61. The maximum atomic E-state index is 12.7. The van der Waals surface area contributed by atoms with Crippen molar-refractivity contribution in [3.63, 3.8) is 0 Å². The summed E-state index contributed by atoms with van der Waals surface area (Å²) in [5, 5.41) is 5.33. The van der Waals surface area contributed by atoms with Gasteiger partial charge in [-0.2, -0.15) is 0 Å². The van der Waals surface area contributed by atoms with E-state index in [-0.39, 0.29) is 24.5 Å². The van der Waals surface area contributed by atoms with Gasteiger partial charge in [0.05, 0.1) is 29.5 Å². The molecule has 1 heterocycles. The molecular weight excluding hydrogens is 384 g/mol. The molecule has 0 bridgehead atoms. The molecule has 7 nitrogen and oxygen atoms in total. The summed E-state index contributed by atoms with van der Waals surface area (Å²) in [6, 6.07) is 13.2. The predicted molar refractivity (Wildman–Crippen MR) is 111 cm³/mol. The Morgan fingerprint density at radius 3 is 2.40 bits per heavy atom. The van der Waals surface area contributed by atoms with E-state index in [9.17, 15) is 14.4 Å². The van der Waals surface area contributed by atoms with E-state index < -0.39 is 24.0 Å². The molecule has 7 heteroatoms. The molecule has 30 heavy (non-hydrogen) atoms. The van der Waals surface area contributed by atoms with E-state index in [1.807, 2.05) is 38.1 Å². The number of rotatable bonds is 6. The van der Waals surface area contributed by atoms with E-state index >= 15 is 0 Å². The third-order valence-corrected chi connectivity index (χ3v) is 4.95. The smallest absolute Gasteiger partial charge is 0.338 e. The van der Waals surface area contributed by atoms with E-state index in [2.05, 4.69) is 10.6 Å². The van der Waals surface area contributed by atoms with Gasteiger partial charge in [0, 0.05) is 0 Å². The molecule has 0 unspecified atom stereocenters. The van der Waals surface area contributed by atoms with Gasteiger partial charge in [0.25, 0.3) is 0 Å². The molecule has 0 radical (unpaired) electrons. The third kappa shape index (κ3) is 4.51. The number of urea groups is 1. The first-order valence-electron chi connectivity index (χ1n) is 9.68. The summed E-state index contributed by atoms with van der Waals surface area (Å²) < 4.78 is 10.6. The number of carbonyl (C=O) groups is 3. The van der Waals surface area contributed by atoms with Crippen molar-refractivity contribution in [1.29, 1.82) is 0 Å². The molecule has 0 saturated heterocycles. The largest absolute Gasteiger partial charge is 0.463 e. The minimum atomic E-state index is -0.714. The lowest BCUT2D eigenvalue weighted by atomic mass is 9.95. The highest BCUT2D eigenvalue weighted by molar-refractivity contribution is 5.95. The highest BCUT2D eigenvalue weighted by atomic mass is 16.5. The summed E-state index contributed by atoms with van der Waals surface area (Å²) in [5.74, 6) is -1.12. The molecule has 2 N–H and O–H groups in total. The highest BCUT2D eigenvalue weighted by Crippen LogP contribution is 2.28. The summed E-state index contributed by atoms with van der Waals surface area (Å²) in [5.41, 5.74) is 3.34. The molecule has 0 fully saturated rings. The Kier molecular flexibility index (Phi) is 6.51. The van der Waals surface area contributed by atoms with Crippen LogP contribution in [-0.4, -0.2) is 31.2 Å². The van der Waals surface area contributed by atoms with Gasteiger partial charge >= 0.3 is 18.0 Å². The average Bonchev–Trinajstić information content (AvgIpc) is 2.74. The Labute approximate surface area is 175 Å². The predicted octanol–water partition coefficient (Wildman–Crippen LogP) is 3.33. The number of hydrogen-bond donors (Lipinski definition) is 2. The molecule has 1 atom stereocenters. The van der Waals surface area contributed by atoms with Crippen molar-refractivity contribution >= 4 is 18.0 Å². The van der Waals surface area contributed by atoms with Crippen molar-refractivity contribution in [2.75, 3.05) is 13.2 Å². The molecule has 2 aromatic rings. The normalized spacial score (nSPS) is 15.8. The molecule has 0 saturated carbocycles. The fourth-order valence-corrected chi connectivity index (χ4v) is 3.26. The van der Waals surface area contributed by atoms with E-state index in [0.29, 0.717) is 11.1 Å². The van der Waals surface area contributed by atoms with Gasteiger partial charge in [-0.25, -0.2) is 14.4 Å². The Balaban J connectivity index is 1.93. The van der Waals surface area contributed by atoms with Gasteiger partial charge in [0.2, 0.25) is 0 Å². The minimum Gasteiger partial charge on any atom is -0.463 e. The van der Waals surface area contributed by atoms with E-state index in [0.717, 1.165) is 11.1 Å². The number of nitrogens with one attached hydrogen (secondary N) is 2. The first kappa shape index (κ1) is 21.1. The average molecular weight is 408 g/mol. The number of amides is 2. The van der Waals surface area contributed by atoms with Crippen molar-refractivity contribution in [2.45, 2.75) is 26.8 Å². The lowest BCUT2D eigenvalue weighted by Crippen LogP contribution is -2.47. The molecule has 1 aliphatic rings. The van der Waals surface area contributed by atoms with Crippen molar-refractivity contribution in [2.24, 2.45) is 0 Å². The molecular formula is C23H24N2O5. The van der Waals surface area contributed by atoms with E-state index in [1.165, 1.54) is 0 Å². The number of benzene rings is 2. The van der Waals surface area contributed by atoms with Crippen LogP contribution < -0.4 is 10.6 Å². The van der Waals surface area contributed by atoms with Crippen molar-refractivity contribution in [3.8, 4) is 0 Å². The fraction of sp³-hybridized carbons (Fsp3) is 0.261. The second-order valence-corrected chi connectivity index (χ2v) is 6.88. The number of carbonyl (C=O) groups excluding carboxylic acids is 3. The minimum absolute atomic E-state index is 0.174. The van der Waals surface area contributed by atoms with E-state index in [4.69, 9.17) is 9.47 Å². The Morgan fingerprint density at radius 2 is 1.70 bits per heavy atom. The molecule has 0 spiro atoms. The van der Waals surface area contributed by atoms with Gasteiger partial charge in [-0.1, -0.05) is 42.5 Å². The van der Waals surface area contributed by atoms with Crippen LogP contribution in [0.5, 0.6) is 0 Å². The lowest BCUT2D eigenvalue weighted by Gasteiger charge is -2.29. The van der Waals surface area contributed by atoms with Crippen LogP contribution >= 0.6 is 0 Å². The van der Waals surface area contributed by atoms with Crippen LogP contribution in [0.25, 0.3) is 0 Å². The second-order valence-electron chi connectivity index (χ2n) is 6.88. The van der Waals surface area contributed by atoms with Crippen LogP contribution in [0.2, 0.25) is 0 Å². The highest BCUT2D eigenvalue weighted by Gasteiger charge is 2.34. The van der Waals surface area contributed by atoms with Crippen molar-refractivity contribution in [3.05, 3.63) is 82.1 Å². The van der Waals surface area contributed by atoms with Gasteiger partial charge in [0.1, 0.15) is 6.61 Å². The van der Waals surface area contributed by atoms with Gasteiger partial charge in [-0.3, -0.25) is 0 Å². The van der Waals surface area contributed by atoms with Gasteiger partial charge in [-0.05, 0) is 43.5 Å². The van der Waals surface area contributed by atoms with Crippen LogP contribution in [0.15, 0.2) is 59.8 Å². The summed E-state index contributed by atoms with van der Waals surface area (Å²) in [7, 11) is 0. The van der Waals surface area contributed by atoms with Crippen molar-refractivity contribution in [1.82, 2.24) is 10.6 Å². The number of aryl methyl sites for hydroxylation is 1. The molecule has 2 amide bonds. The van der Waals surface area contributed by atoms with Crippen LogP contribution in [0.3, 0.4) is 0 Å². The summed E-state index contributed by atoms with van der Waals surface area (Å²) in [6.45, 7) is 5.35. The maximum absolute atomic E-state index is 12.7. The Morgan fingerprint density at radius 1 is 0.967 bits per heavy atom. The SMILES string of the molecule is CCOC(=O)C1=C(COC(=O)c2cccc(C)c2C)NC(=O)N[C@@H]1c1ccccc1.